The molecule has 3 aromatic rings. The number of carbonyl (C=O) groups excluding carboxylic acids is 2. The zero-order valence-corrected chi connectivity index (χ0v) is 21.1. The summed E-state index contributed by atoms with van der Waals surface area (Å²) in [4.78, 5) is 27.9. The molecule has 0 aliphatic carbocycles. The van der Waals surface area contributed by atoms with Crippen LogP contribution in [0.1, 0.15) is 34.1 Å². The first-order chi connectivity index (χ1) is 17.4. The van der Waals surface area contributed by atoms with E-state index in [4.69, 9.17) is 19.3 Å². The molecular formula is C27H30N4O5. The van der Waals surface area contributed by atoms with Crippen molar-refractivity contribution in [2.45, 2.75) is 12.5 Å². The zero-order chi connectivity index (χ0) is 25.8. The number of aromatic nitrogens is 1. The molecule has 0 bridgehead atoms. The number of amides is 2. The van der Waals surface area contributed by atoms with E-state index >= 15 is 0 Å². The fraction of sp³-hybridized carbons (Fsp3) is 0.296. The maximum absolute atomic E-state index is 13.6. The minimum Gasteiger partial charge on any atom is -0.497 e. The molecule has 9 nitrogen and oxygen atoms in total. The van der Waals surface area contributed by atoms with E-state index in [1.807, 2.05) is 48.1 Å². The van der Waals surface area contributed by atoms with E-state index in [0.29, 0.717) is 29.2 Å². The lowest BCUT2D eigenvalue weighted by Crippen LogP contribution is -2.39. The molecule has 0 N–H and O–H groups in total. The van der Waals surface area contributed by atoms with Gasteiger partial charge in [-0.05, 0) is 54.6 Å². The van der Waals surface area contributed by atoms with E-state index in [1.54, 1.807) is 52.6 Å². The molecule has 1 unspecified atom stereocenters. The average Bonchev–Trinajstić information content (AvgIpc) is 3.54. The molecule has 0 saturated heterocycles. The second-order valence-corrected chi connectivity index (χ2v) is 8.51. The highest BCUT2D eigenvalue weighted by Crippen LogP contribution is 2.39. The van der Waals surface area contributed by atoms with Gasteiger partial charge in [0.15, 0.2) is 0 Å². The third-order valence-corrected chi connectivity index (χ3v) is 6.26. The lowest BCUT2D eigenvalue weighted by molar-refractivity contribution is -0.133. The van der Waals surface area contributed by atoms with Crippen LogP contribution in [0.4, 0.5) is 0 Å². The molecule has 4 rings (SSSR count). The Morgan fingerprint density at radius 2 is 1.69 bits per heavy atom. The van der Waals surface area contributed by atoms with Crippen molar-refractivity contribution >= 4 is 17.5 Å². The predicted octanol–water partition coefficient (Wildman–Crippen LogP) is 3.50. The highest BCUT2D eigenvalue weighted by molar-refractivity contribution is 6.03. The Morgan fingerprint density at radius 3 is 2.31 bits per heavy atom. The van der Waals surface area contributed by atoms with Gasteiger partial charge in [0.05, 0.1) is 38.8 Å². The van der Waals surface area contributed by atoms with Crippen LogP contribution in [0, 0.1) is 0 Å². The van der Waals surface area contributed by atoms with Crippen LogP contribution in [0.5, 0.6) is 17.2 Å². The Morgan fingerprint density at radius 1 is 1.00 bits per heavy atom. The lowest BCUT2D eigenvalue weighted by atomic mass is 9.99. The van der Waals surface area contributed by atoms with Gasteiger partial charge in [0, 0.05) is 37.8 Å². The highest BCUT2D eigenvalue weighted by atomic mass is 16.5. The molecule has 2 aromatic carbocycles. The van der Waals surface area contributed by atoms with E-state index in [1.165, 1.54) is 9.91 Å². The normalized spacial score (nSPS) is 14.9. The van der Waals surface area contributed by atoms with Crippen molar-refractivity contribution in [3.05, 3.63) is 77.6 Å². The number of hydrogen-bond donors (Lipinski definition) is 0. The Bertz CT molecular complexity index is 1280. The smallest absolute Gasteiger partial charge is 0.262 e. The molecule has 1 atom stereocenters. The van der Waals surface area contributed by atoms with Gasteiger partial charge in [0.25, 0.3) is 11.8 Å². The minimum atomic E-state index is -0.420. The molecule has 1 aliphatic heterocycles. The van der Waals surface area contributed by atoms with Crippen molar-refractivity contribution in [3.63, 3.8) is 0 Å². The summed E-state index contributed by atoms with van der Waals surface area (Å²) in [6.45, 7) is -0.141. The summed E-state index contributed by atoms with van der Waals surface area (Å²) in [5, 5.41) is 6.17. The first-order valence-electron chi connectivity index (χ1n) is 11.5. The standard InChI is InChI=1S/C27H30N4O5/c1-29-14-6-7-23(29)22-16-24(21-15-20(35-4)12-13-25(21)36-5)31(28-22)26(32)17-30(2)27(33)18-8-10-19(34-3)11-9-18/h6-15,24H,16-17H2,1-5H3. The zero-order valence-electron chi connectivity index (χ0n) is 21.1. The Hall–Kier alpha value is -4.27. The number of hydrazone groups is 1. The SMILES string of the molecule is COc1ccc(C(=O)N(C)CC(=O)N2N=C(c3cccn3C)CC2c2cc(OC)ccc2OC)cc1. The second kappa shape index (κ2) is 10.6. The van der Waals surface area contributed by atoms with Crippen molar-refractivity contribution in [2.75, 3.05) is 34.9 Å². The summed E-state index contributed by atoms with van der Waals surface area (Å²) in [5.41, 5.74) is 2.93. The van der Waals surface area contributed by atoms with Crippen LogP contribution in [0.15, 0.2) is 65.9 Å². The van der Waals surface area contributed by atoms with Crippen molar-refractivity contribution in [2.24, 2.45) is 12.1 Å². The summed E-state index contributed by atoms with van der Waals surface area (Å²) >= 11 is 0. The van der Waals surface area contributed by atoms with E-state index in [9.17, 15) is 9.59 Å². The first-order valence-corrected chi connectivity index (χ1v) is 11.5. The summed E-state index contributed by atoms with van der Waals surface area (Å²) in [6.07, 6.45) is 2.42. The Labute approximate surface area is 210 Å². The van der Waals surface area contributed by atoms with Gasteiger partial charge in [-0.25, -0.2) is 5.01 Å². The fourth-order valence-electron chi connectivity index (χ4n) is 4.30. The number of aryl methyl sites for hydroxylation is 1. The van der Waals surface area contributed by atoms with Crippen LogP contribution in [0.2, 0.25) is 0 Å². The third-order valence-electron chi connectivity index (χ3n) is 6.26. The number of rotatable bonds is 8. The van der Waals surface area contributed by atoms with Crippen molar-refractivity contribution < 1.29 is 23.8 Å². The number of hydrogen-bond acceptors (Lipinski definition) is 6. The summed E-state index contributed by atoms with van der Waals surface area (Å²) in [6, 6.07) is 15.7. The van der Waals surface area contributed by atoms with Crippen molar-refractivity contribution in [3.8, 4) is 17.2 Å². The molecule has 36 heavy (non-hydrogen) atoms. The minimum absolute atomic E-state index is 0.141. The monoisotopic (exact) mass is 490 g/mol. The predicted molar refractivity (Wildman–Crippen MR) is 136 cm³/mol. The van der Waals surface area contributed by atoms with Crippen LogP contribution < -0.4 is 14.2 Å². The molecule has 1 aliphatic rings. The summed E-state index contributed by atoms with van der Waals surface area (Å²) < 4.78 is 18.2. The van der Waals surface area contributed by atoms with Gasteiger partial charge in [0.1, 0.15) is 23.8 Å². The second-order valence-electron chi connectivity index (χ2n) is 8.51. The highest BCUT2D eigenvalue weighted by Gasteiger charge is 2.36. The number of ether oxygens (including phenoxy) is 3. The van der Waals surface area contributed by atoms with Crippen LogP contribution in [-0.4, -0.2) is 66.9 Å². The molecule has 1 aromatic heterocycles. The Kier molecular flexibility index (Phi) is 7.28. The summed E-state index contributed by atoms with van der Waals surface area (Å²) in [7, 11) is 8.28. The molecule has 0 spiro atoms. The number of carbonyl (C=O) groups is 2. The van der Waals surface area contributed by atoms with Gasteiger partial charge in [0.2, 0.25) is 0 Å². The van der Waals surface area contributed by atoms with Gasteiger partial charge >= 0.3 is 0 Å². The maximum atomic E-state index is 13.6. The van der Waals surface area contributed by atoms with E-state index in [2.05, 4.69) is 0 Å². The maximum Gasteiger partial charge on any atom is 0.262 e. The fourth-order valence-corrected chi connectivity index (χ4v) is 4.30. The molecule has 2 amide bonds. The van der Waals surface area contributed by atoms with E-state index in [0.717, 1.165) is 17.0 Å². The molecule has 188 valence electrons. The van der Waals surface area contributed by atoms with Gasteiger partial charge in [-0.2, -0.15) is 5.10 Å². The quantitative estimate of drug-likeness (QED) is 0.483. The summed E-state index contributed by atoms with van der Waals surface area (Å²) in [5.74, 6) is 1.35. The van der Waals surface area contributed by atoms with Gasteiger partial charge in [-0.3, -0.25) is 9.59 Å². The number of nitrogens with zero attached hydrogens (tertiary/aromatic N) is 4. The van der Waals surface area contributed by atoms with Crippen molar-refractivity contribution in [1.29, 1.82) is 0 Å². The van der Waals surface area contributed by atoms with Crippen LogP contribution in [0.25, 0.3) is 0 Å². The molecule has 2 heterocycles. The van der Waals surface area contributed by atoms with E-state index < -0.39 is 6.04 Å². The molecule has 0 saturated carbocycles. The lowest BCUT2D eigenvalue weighted by Gasteiger charge is -2.26. The average molecular weight is 491 g/mol. The van der Waals surface area contributed by atoms with E-state index in [-0.39, 0.29) is 18.4 Å². The van der Waals surface area contributed by atoms with Crippen LogP contribution in [-0.2, 0) is 11.8 Å². The number of methoxy groups -OCH3 is 3. The molecule has 0 radical (unpaired) electrons. The number of benzene rings is 2. The van der Waals surface area contributed by atoms with Crippen molar-refractivity contribution in [1.82, 2.24) is 14.5 Å². The van der Waals surface area contributed by atoms with Crippen LogP contribution >= 0.6 is 0 Å². The largest absolute Gasteiger partial charge is 0.497 e. The van der Waals surface area contributed by atoms with Gasteiger partial charge < -0.3 is 23.7 Å². The molecule has 9 heteroatoms. The van der Waals surface area contributed by atoms with Gasteiger partial charge in [-0.15, -0.1) is 0 Å². The van der Waals surface area contributed by atoms with Crippen LogP contribution in [0.3, 0.4) is 0 Å². The third kappa shape index (κ3) is 4.91. The van der Waals surface area contributed by atoms with Gasteiger partial charge in [-0.1, -0.05) is 0 Å². The number of likely N-dealkylation sites (N-methyl/N-ethyl adjacent to an activating group) is 1. The Balaban J connectivity index is 1.63. The molecule has 0 fully saturated rings. The topological polar surface area (TPSA) is 85.6 Å². The first kappa shape index (κ1) is 24.8. The molecular weight excluding hydrogens is 460 g/mol.